The van der Waals surface area contributed by atoms with E-state index >= 15 is 0 Å². The number of rotatable bonds is 2. The molecule has 1 aliphatic rings. The van der Waals surface area contributed by atoms with Crippen LogP contribution in [-0.2, 0) is 0 Å². The Labute approximate surface area is 122 Å². The van der Waals surface area contributed by atoms with E-state index in [1.807, 2.05) is 37.1 Å². The first-order chi connectivity index (χ1) is 8.09. The van der Waals surface area contributed by atoms with Crippen molar-refractivity contribution in [3.8, 4) is 0 Å². The van der Waals surface area contributed by atoms with Crippen LogP contribution in [-0.4, -0.2) is 37.0 Å². The maximum atomic E-state index is 12.3. The van der Waals surface area contributed by atoms with Gasteiger partial charge in [0.2, 0.25) is 0 Å². The van der Waals surface area contributed by atoms with Crippen molar-refractivity contribution in [2.75, 3.05) is 20.1 Å². The molecule has 0 aliphatic carbocycles. The molecule has 100 valence electrons. The molecule has 1 amide bonds. The lowest BCUT2D eigenvalue weighted by molar-refractivity contribution is 0.0743. The van der Waals surface area contributed by atoms with Gasteiger partial charge in [-0.15, -0.1) is 12.4 Å². The number of benzene rings is 1. The van der Waals surface area contributed by atoms with Gasteiger partial charge >= 0.3 is 0 Å². The third-order valence-electron chi connectivity index (χ3n) is 3.31. The van der Waals surface area contributed by atoms with Crippen LogP contribution in [0.1, 0.15) is 22.3 Å². The standard InChI is InChI=1S/C13H17BrN2O.ClH/c1-9-7-10(3-4-12(9)14)13(17)16(2)11-5-6-15-8-11;/h3-4,7,11,15H,5-6,8H2,1-2H3;1H. The number of carbonyl (C=O) groups is 1. The Morgan fingerprint density at radius 2 is 2.22 bits per heavy atom. The lowest BCUT2D eigenvalue weighted by Crippen LogP contribution is -2.38. The number of hydrogen-bond acceptors (Lipinski definition) is 2. The van der Waals surface area contributed by atoms with Gasteiger partial charge in [-0.25, -0.2) is 0 Å². The lowest BCUT2D eigenvalue weighted by atomic mass is 10.1. The molecule has 0 saturated carbocycles. The zero-order valence-corrected chi connectivity index (χ0v) is 13.0. The molecular formula is C13H18BrClN2O. The number of nitrogens with zero attached hydrogens (tertiary/aromatic N) is 1. The molecule has 0 bridgehead atoms. The Morgan fingerprint density at radius 3 is 2.78 bits per heavy atom. The molecule has 1 heterocycles. The average Bonchev–Trinajstić information content (AvgIpc) is 2.84. The van der Waals surface area contributed by atoms with Crippen molar-refractivity contribution in [3.05, 3.63) is 33.8 Å². The fourth-order valence-electron chi connectivity index (χ4n) is 2.12. The van der Waals surface area contributed by atoms with Crippen molar-refractivity contribution in [2.24, 2.45) is 0 Å². The number of hydrogen-bond donors (Lipinski definition) is 1. The summed E-state index contributed by atoms with van der Waals surface area (Å²) in [4.78, 5) is 14.1. The van der Waals surface area contributed by atoms with E-state index in [1.54, 1.807) is 0 Å². The molecule has 3 nitrogen and oxygen atoms in total. The molecule has 0 aromatic heterocycles. The first kappa shape index (κ1) is 15.5. The van der Waals surface area contributed by atoms with E-state index in [4.69, 9.17) is 0 Å². The summed E-state index contributed by atoms with van der Waals surface area (Å²) in [5.41, 5.74) is 1.86. The number of amides is 1. The van der Waals surface area contributed by atoms with Crippen LogP contribution in [0.3, 0.4) is 0 Å². The first-order valence-electron chi connectivity index (χ1n) is 5.83. The maximum absolute atomic E-state index is 12.3. The number of halogens is 2. The van der Waals surface area contributed by atoms with Gasteiger partial charge in [-0.05, 0) is 43.7 Å². The maximum Gasteiger partial charge on any atom is 0.253 e. The zero-order chi connectivity index (χ0) is 12.4. The van der Waals surface area contributed by atoms with Crippen molar-refractivity contribution < 1.29 is 4.79 Å². The summed E-state index contributed by atoms with van der Waals surface area (Å²) in [6.45, 7) is 3.90. The highest BCUT2D eigenvalue weighted by molar-refractivity contribution is 9.10. The van der Waals surface area contributed by atoms with Crippen LogP contribution in [0.15, 0.2) is 22.7 Å². The number of aryl methyl sites for hydroxylation is 1. The molecule has 0 radical (unpaired) electrons. The lowest BCUT2D eigenvalue weighted by Gasteiger charge is -2.24. The molecule has 1 fully saturated rings. The second-order valence-electron chi connectivity index (χ2n) is 4.53. The van der Waals surface area contributed by atoms with E-state index in [0.29, 0.717) is 6.04 Å². The number of likely N-dealkylation sites (N-methyl/N-ethyl adjacent to an activating group) is 1. The third-order valence-corrected chi connectivity index (χ3v) is 4.20. The summed E-state index contributed by atoms with van der Waals surface area (Å²) < 4.78 is 1.04. The van der Waals surface area contributed by atoms with Crippen LogP contribution in [0.25, 0.3) is 0 Å². The highest BCUT2D eigenvalue weighted by Crippen LogP contribution is 2.19. The Bertz CT molecular complexity index is 433. The Hall–Kier alpha value is -0.580. The fourth-order valence-corrected chi connectivity index (χ4v) is 2.36. The second kappa shape index (κ2) is 6.55. The smallest absolute Gasteiger partial charge is 0.253 e. The molecule has 1 aliphatic heterocycles. The zero-order valence-electron chi connectivity index (χ0n) is 10.6. The highest BCUT2D eigenvalue weighted by Gasteiger charge is 2.24. The molecule has 0 spiro atoms. The average molecular weight is 334 g/mol. The summed E-state index contributed by atoms with van der Waals surface area (Å²) >= 11 is 3.45. The van der Waals surface area contributed by atoms with Crippen molar-refractivity contribution >= 4 is 34.2 Å². The summed E-state index contributed by atoms with van der Waals surface area (Å²) in [5, 5.41) is 3.28. The van der Waals surface area contributed by atoms with Crippen LogP contribution in [0.4, 0.5) is 0 Å². The SMILES string of the molecule is Cc1cc(C(=O)N(C)C2CCNC2)ccc1Br.Cl. The molecule has 1 aromatic rings. The molecule has 1 atom stereocenters. The van der Waals surface area contributed by atoms with Crippen molar-refractivity contribution in [1.29, 1.82) is 0 Å². The summed E-state index contributed by atoms with van der Waals surface area (Å²) in [7, 11) is 1.89. The molecule has 1 saturated heterocycles. The Morgan fingerprint density at radius 1 is 1.50 bits per heavy atom. The summed E-state index contributed by atoms with van der Waals surface area (Å²) in [6, 6.07) is 6.07. The fraction of sp³-hybridized carbons (Fsp3) is 0.462. The molecule has 1 N–H and O–H groups in total. The van der Waals surface area contributed by atoms with Gasteiger partial charge in [0.15, 0.2) is 0 Å². The minimum absolute atomic E-state index is 0. The minimum atomic E-state index is 0. The van der Waals surface area contributed by atoms with Crippen LogP contribution in [0.2, 0.25) is 0 Å². The van der Waals surface area contributed by atoms with E-state index in [-0.39, 0.29) is 18.3 Å². The molecule has 1 aromatic carbocycles. The van der Waals surface area contributed by atoms with Crippen molar-refractivity contribution in [3.63, 3.8) is 0 Å². The first-order valence-corrected chi connectivity index (χ1v) is 6.63. The van der Waals surface area contributed by atoms with Gasteiger partial charge in [-0.2, -0.15) is 0 Å². The Kier molecular flexibility index (Phi) is 5.63. The van der Waals surface area contributed by atoms with E-state index in [0.717, 1.165) is 35.1 Å². The number of nitrogens with one attached hydrogen (secondary N) is 1. The molecule has 18 heavy (non-hydrogen) atoms. The van der Waals surface area contributed by atoms with Gasteiger partial charge in [0, 0.05) is 29.7 Å². The number of carbonyl (C=O) groups excluding carboxylic acids is 1. The van der Waals surface area contributed by atoms with Gasteiger partial charge in [-0.3, -0.25) is 4.79 Å². The third kappa shape index (κ3) is 3.25. The van der Waals surface area contributed by atoms with Crippen LogP contribution < -0.4 is 5.32 Å². The van der Waals surface area contributed by atoms with Crippen LogP contribution in [0.5, 0.6) is 0 Å². The van der Waals surface area contributed by atoms with Gasteiger partial charge in [0.1, 0.15) is 0 Å². The van der Waals surface area contributed by atoms with E-state index in [9.17, 15) is 4.79 Å². The monoisotopic (exact) mass is 332 g/mol. The van der Waals surface area contributed by atoms with E-state index in [2.05, 4.69) is 21.2 Å². The summed E-state index contributed by atoms with van der Waals surface area (Å²) in [5.74, 6) is 0.106. The molecule has 1 unspecified atom stereocenters. The predicted octanol–water partition coefficient (Wildman–Crippen LogP) is 2.61. The normalized spacial score (nSPS) is 18.3. The molecular weight excluding hydrogens is 316 g/mol. The highest BCUT2D eigenvalue weighted by atomic mass is 79.9. The minimum Gasteiger partial charge on any atom is -0.337 e. The van der Waals surface area contributed by atoms with Gasteiger partial charge in [0.25, 0.3) is 5.91 Å². The van der Waals surface area contributed by atoms with E-state index in [1.165, 1.54) is 0 Å². The predicted molar refractivity (Wildman–Crippen MR) is 79.5 cm³/mol. The Balaban J connectivity index is 0.00000162. The van der Waals surface area contributed by atoms with Crippen molar-refractivity contribution in [1.82, 2.24) is 10.2 Å². The van der Waals surface area contributed by atoms with Gasteiger partial charge < -0.3 is 10.2 Å². The van der Waals surface area contributed by atoms with Gasteiger partial charge in [-0.1, -0.05) is 15.9 Å². The quantitative estimate of drug-likeness (QED) is 0.902. The van der Waals surface area contributed by atoms with Gasteiger partial charge in [0.05, 0.1) is 0 Å². The van der Waals surface area contributed by atoms with Crippen LogP contribution in [0, 0.1) is 6.92 Å². The molecule has 2 rings (SSSR count). The summed E-state index contributed by atoms with van der Waals surface area (Å²) in [6.07, 6.45) is 1.04. The topological polar surface area (TPSA) is 32.3 Å². The van der Waals surface area contributed by atoms with Crippen molar-refractivity contribution in [2.45, 2.75) is 19.4 Å². The molecule has 5 heteroatoms. The second-order valence-corrected chi connectivity index (χ2v) is 5.38. The van der Waals surface area contributed by atoms with Crippen LogP contribution >= 0.6 is 28.3 Å². The van der Waals surface area contributed by atoms with E-state index < -0.39 is 0 Å². The largest absolute Gasteiger partial charge is 0.337 e.